The summed E-state index contributed by atoms with van der Waals surface area (Å²) in [4.78, 5) is 8.88. The van der Waals surface area contributed by atoms with Crippen molar-refractivity contribution in [3.63, 3.8) is 0 Å². The molecule has 19 heavy (non-hydrogen) atoms. The highest BCUT2D eigenvalue weighted by Crippen LogP contribution is 2.29. The molecule has 0 unspecified atom stereocenters. The first kappa shape index (κ1) is 12.2. The average molecular weight is 317 g/mol. The summed E-state index contributed by atoms with van der Waals surface area (Å²) in [6.07, 6.45) is 1.80. The standard InChI is InChI=1S/C14H13BrN4/c1-8-3-4-10(7-17-8)13-14(16)19-9(2)11(15)5-6-12(19)18-13/h3-7H,16H2,1-2H3. The van der Waals surface area contributed by atoms with Crippen molar-refractivity contribution in [1.82, 2.24) is 14.4 Å². The molecule has 3 heterocycles. The average Bonchev–Trinajstić information content (AvgIpc) is 2.73. The molecule has 3 rings (SSSR count). The molecule has 0 aromatic carbocycles. The monoisotopic (exact) mass is 316 g/mol. The third kappa shape index (κ3) is 1.90. The number of fused-ring (bicyclic) bond motifs is 1. The predicted molar refractivity (Wildman–Crippen MR) is 80.0 cm³/mol. The Balaban J connectivity index is 2.28. The van der Waals surface area contributed by atoms with Gasteiger partial charge in [-0.05, 0) is 54.0 Å². The first-order valence-corrected chi connectivity index (χ1v) is 6.73. The molecule has 3 aromatic heterocycles. The molecule has 0 atom stereocenters. The molecule has 4 nitrogen and oxygen atoms in total. The molecule has 0 aliphatic carbocycles. The number of nitrogens with zero attached hydrogens (tertiary/aromatic N) is 3. The van der Waals surface area contributed by atoms with E-state index >= 15 is 0 Å². The van der Waals surface area contributed by atoms with Crippen LogP contribution in [-0.2, 0) is 0 Å². The number of aromatic nitrogens is 3. The molecule has 0 fully saturated rings. The Kier molecular flexibility index (Phi) is 2.78. The number of anilines is 1. The molecule has 5 heteroatoms. The number of hydrogen-bond donors (Lipinski definition) is 1. The molecule has 96 valence electrons. The van der Waals surface area contributed by atoms with Crippen LogP contribution in [-0.4, -0.2) is 14.4 Å². The van der Waals surface area contributed by atoms with Gasteiger partial charge in [0.1, 0.15) is 17.2 Å². The van der Waals surface area contributed by atoms with Crippen LogP contribution in [0.1, 0.15) is 11.4 Å². The topological polar surface area (TPSA) is 56.2 Å². The summed E-state index contributed by atoms with van der Waals surface area (Å²) < 4.78 is 2.96. The molecule has 0 aliphatic heterocycles. The number of imidazole rings is 1. The summed E-state index contributed by atoms with van der Waals surface area (Å²) in [5.41, 5.74) is 10.8. The minimum absolute atomic E-state index is 0.638. The summed E-state index contributed by atoms with van der Waals surface area (Å²) in [5, 5.41) is 0. The predicted octanol–water partition coefficient (Wildman–Crippen LogP) is 3.36. The molecule has 0 amide bonds. The second-order valence-corrected chi connectivity index (χ2v) is 5.35. The van der Waals surface area contributed by atoms with Crippen LogP contribution in [0.25, 0.3) is 16.9 Å². The Labute approximate surface area is 119 Å². The fourth-order valence-electron chi connectivity index (χ4n) is 2.11. The van der Waals surface area contributed by atoms with Crippen molar-refractivity contribution in [3.8, 4) is 11.3 Å². The second-order valence-electron chi connectivity index (χ2n) is 4.49. The normalized spacial score (nSPS) is 11.1. The van der Waals surface area contributed by atoms with E-state index in [9.17, 15) is 0 Å². The zero-order chi connectivity index (χ0) is 13.6. The van der Waals surface area contributed by atoms with Crippen LogP contribution in [0, 0.1) is 13.8 Å². The summed E-state index contributed by atoms with van der Waals surface area (Å²) in [7, 11) is 0. The van der Waals surface area contributed by atoms with E-state index in [4.69, 9.17) is 5.73 Å². The molecule has 0 radical (unpaired) electrons. The van der Waals surface area contributed by atoms with Gasteiger partial charge in [0.05, 0.1) is 0 Å². The van der Waals surface area contributed by atoms with E-state index in [0.717, 1.165) is 32.8 Å². The van der Waals surface area contributed by atoms with Gasteiger partial charge < -0.3 is 5.73 Å². The fraction of sp³-hybridized carbons (Fsp3) is 0.143. The Morgan fingerprint density at radius 3 is 2.63 bits per heavy atom. The first-order chi connectivity index (χ1) is 9.08. The van der Waals surface area contributed by atoms with Crippen LogP contribution in [0.5, 0.6) is 0 Å². The van der Waals surface area contributed by atoms with Gasteiger partial charge in [0, 0.05) is 27.6 Å². The third-order valence-corrected chi connectivity index (χ3v) is 4.02. The van der Waals surface area contributed by atoms with Crippen LogP contribution in [0.15, 0.2) is 34.9 Å². The first-order valence-electron chi connectivity index (χ1n) is 5.94. The number of halogens is 1. The summed E-state index contributed by atoms with van der Waals surface area (Å²) in [5.74, 6) is 0.638. The van der Waals surface area contributed by atoms with Gasteiger partial charge in [-0.2, -0.15) is 0 Å². The number of aryl methyl sites for hydroxylation is 2. The minimum Gasteiger partial charge on any atom is -0.383 e. The second kappa shape index (κ2) is 4.35. The third-order valence-electron chi connectivity index (χ3n) is 3.18. The smallest absolute Gasteiger partial charge is 0.139 e. The van der Waals surface area contributed by atoms with E-state index in [0.29, 0.717) is 5.82 Å². The maximum atomic E-state index is 6.23. The molecular formula is C14H13BrN4. The lowest BCUT2D eigenvalue weighted by atomic mass is 10.2. The molecule has 0 aliphatic rings. The SMILES string of the molecule is Cc1ccc(-c2nc3ccc(Br)c(C)n3c2N)cn1. The van der Waals surface area contributed by atoms with Crippen LogP contribution >= 0.6 is 15.9 Å². The number of hydrogen-bond acceptors (Lipinski definition) is 3. The molecule has 0 spiro atoms. The van der Waals surface area contributed by atoms with E-state index < -0.39 is 0 Å². The quantitative estimate of drug-likeness (QED) is 0.749. The number of nitrogens with two attached hydrogens (primary N) is 1. The van der Waals surface area contributed by atoms with Gasteiger partial charge in [0.15, 0.2) is 0 Å². The van der Waals surface area contributed by atoms with Crippen molar-refractivity contribution in [2.24, 2.45) is 0 Å². The Morgan fingerprint density at radius 1 is 1.16 bits per heavy atom. The van der Waals surface area contributed by atoms with Crippen molar-refractivity contribution >= 4 is 27.4 Å². The maximum Gasteiger partial charge on any atom is 0.139 e. The molecule has 0 saturated heterocycles. The Morgan fingerprint density at radius 2 is 1.95 bits per heavy atom. The van der Waals surface area contributed by atoms with Gasteiger partial charge in [-0.1, -0.05) is 0 Å². The van der Waals surface area contributed by atoms with E-state index in [-0.39, 0.29) is 0 Å². The van der Waals surface area contributed by atoms with E-state index in [1.54, 1.807) is 6.20 Å². The van der Waals surface area contributed by atoms with E-state index in [1.165, 1.54) is 0 Å². The Hall–Kier alpha value is -1.88. The number of rotatable bonds is 1. The van der Waals surface area contributed by atoms with Crippen LogP contribution in [0.2, 0.25) is 0 Å². The lowest BCUT2D eigenvalue weighted by molar-refractivity contribution is 1.09. The van der Waals surface area contributed by atoms with Crippen LogP contribution in [0.4, 0.5) is 5.82 Å². The van der Waals surface area contributed by atoms with Gasteiger partial charge in [-0.15, -0.1) is 0 Å². The lowest BCUT2D eigenvalue weighted by Crippen LogP contribution is -1.98. The highest BCUT2D eigenvalue weighted by molar-refractivity contribution is 9.10. The molecule has 0 bridgehead atoms. The minimum atomic E-state index is 0.638. The summed E-state index contributed by atoms with van der Waals surface area (Å²) in [6, 6.07) is 7.87. The fourth-order valence-corrected chi connectivity index (χ4v) is 2.42. The van der Waals surface area contributed by atoms with E-state index in [2.05, 4.69) is 25.9 Å². The number of pyridine rings is 2. The van der Waals surface area contributed by atoms with Crippen molar-refractivity contribution < 1.29 is 0 Å². The van der Waals surface area contributed by atoms with Crippen molar-refractivity contribution in [3.05, 3.63) is 46.3 Å². The van der Waals surface area contributed by atoms with Gasteiger partial charge in [-0.3, -0.25) is 9.38 Å². The zero-order valence-corrected chi connectivity index (χ0v) is 12.3. The van der Waals surface area contributed by atoms with E-state index in [1.807, 2.05) is 42.5 Å². The number of nitrogen functional groups attached to an aromatic ring is 1. The summed E-state index contributed by atoms with van der Waals surface area (Å²) in [6.45, 7) is 3.96. The van der Waals surface area contributed by atoms with Crippen LogP contribution in [0.3, 0.4) is 0 Å². The van der Waals surface area contributed by atoms with Crippen LogP contribution < -0.4 is 5.73 Å². The van der Waals surface area contributed by atoms with Crippen molar-refractivity contribution in [1.29, 1.82) is 0 Å². The maximum absolute atomic E-state index is 6.23. The molecule has 2 N–H and O–H groups in total. The highest BCUT2D eigenvalue weighted by Gasteiger charge is 2.13. The lowest BCUT2D eigenvalue weighted by Gasteiger charge is -2.04. The molecular weight excluding hydrogens is 304 g/mol. The van der Waals surface area contributed by atoms with Gasteiger partial charge in [0.2, 0.25) is 0 Å². The summed E-state index contributed by atoms with van der Waals surface area (Å²) >= 11 is 3.51. The zero-order valence-electron chi connectivity index (χ0n) is 10.7. The molecule has 3 aromatic rings. The van der Waals surface area contributed by atoms with Gasteiger partial charge in [-0.25, -0.2) is 4.98 Å². The Bertz CT molecular complexity index is 759. The van der Waals surface area contributed by atoms with Gasteiger partial charge >= 0.3 is 0 Å². The largest absolute Gasteiger partial charge is 0.383 e. The van der Waals surface area contributed by atoms with Crippen molar-refractivity contribution in [2.45, 2.75) is 13.8 Å². The van der Waals surface area contributed by atoms with Crippen molar-refractivity contribution in [2.75, 3.05) is 5.73 Å². The van der Waals surface area contributed by atoms with Gasteiger partial charge in [0.25, 0.3) is 0 Å². The highest BCUT2D eigenvalue weighted by atomic mass is 79.9. The molecule has 0 saturated carbocycles.